The molecule has 0 spiro atoms. The molecule has 19 heavy (non-hydrogen) atoms. The van der Waals surface area contributed by atoms with Gasteiger partial charge >= 0.3 is 0 Å². The SMILES string of the molecule is N#Cc1cc2c(c(C#N)c1N)-c1ccccc1OC2. The summed E-state index contributed by atoms with van der Waals surface area (Å²) >= 11 is 0. The highest BCUT2D eigenvalue weighted by molar-refractivity contribution is 5.86. The zero-order valence-electron chi connectivity index (χ0n) is 9.97. The fraction of sp³-hybridized carbons (Fsp3) is 0.0667. The zero-order chi connectivity index (χ0) is 13.4. The number of anilines is 1. The number of nitrogens with two attached hydrogens (primary N) is 1. The van der Waals surface area contributed by atoms with E-state index in [0.717, 1.165) is 22.4 Å². The molecule has 2 aromatic rings. The summed E-state index contributed by atoms with van der Waals surface area (Å²) in [7, 11) is 0. The lowest BCUT2D eigenvalue weighted by molar-refractivity contribution is 0.302. The Morgan fingerprint density at radius 2 is 1.95 bits per heavy atom. The van der Waals surface area contributed by atoms with Crippen molar-refractivity contribution in [1.29, 1.82) is 10.5 Å². The third-order valence-electron chi connectivity index (χ3n) is 3.22. The summed E-state index contributed by atoms with van der Waals surface area (Å²) in [6, 6.07) is 13.3. The molecule has 1 aliphatic rings. The van der Waals surface area contributed by atoms with Crippen molar-refractivity contribution in [2.45, 2.75) is 6.61 Å². The minimum atomic E-state index is 0.237. The van der Waals surface area contributed by atoms with Crippen LogP contribution in [0, 0.1) is 22.7 Å². The highest BCUT2D eigenvalue weighted by atomic mass is 16.5. The highest BCUT2D eigenvalue weighted by Gasteiger charge is 2.23. The number of fused-ring (bicyclic) bond motifs is 3. The fourth-order valence-electron chi connectivity index (χ4n) is 2.34. The van der Waals surface area contributed by atoms with E-state index in [1.54, 1.807) is 6.07 Å². The molecular formula is C15H9N3O. The molecule has 0 aliphatic carbocycles. The van der Waals surface area contributed by atoms with Crippen LogP contribution in [0.4, 0.5) is 5.69 Å². The molecule has 1 heterocycles. The Morgan fingerprint density at radius 3 is 2.68 bits per heavy atom. The van der Waals surface area contributed by atoms with Crippen LogP contribution in [-0.4, -0.2) is 0 Å². The van der Waals surface area contributed by atoms with Gasteiger partial charge in [0.1, 0.15) is 24.5 Å². The average molecular weight is 247 g/mol. The Bertz CT molecular complexity index is 766. The van der Waals surface area contributed by atoms with Crippen LogP contribution in [0.5, 0.6) is 5.75 Å². The Labute approximate surface area is 110 Å². The van der Waals surface area contributed by atoms with Crippen molar-refractivity contribution < 1.29 is 4.74 Å². The number of nitrogen functional groups attached to an aromatic ring is 1. The Hall–Kier alpha value is -2.98. The molecule has 2 aromatic carbocycles. The van der Waals surface area contributed by atoms with E-state index >= 15 is 0 Å². The van der Waals surface area contributed by atoms with E-state index in [2.05, 4.69) is 6.07 Å². The van der Waals surface area contributed by atoms with Gasteiger partial charge in [-0.2, -0.15) is 10.5 Å². The van der Waals surface area contributed by atoms with Gasteiger partial charge in [-0.1, -0.05) is 18.2 Å². The van der Waals surface area contributed by atoms with Crippen molar-refractivity contribution >= 4 is 5.69 Å². The first-order valence-corrected chi connectivity index (χ1v) is 5.74. The number of nitriles is 2. The van der Waals surface area contributed by atoms with Crippen LogP contribution >= 0.6 is 0 Å². The third-order valence-corrected chi connectivity index (χ3v) is 3.22. The molecule has 0 saturated heterocycles. The normalized spacial score (nSPS) is 11.5. The molecule has 1 aliphatic heterocycles. The fourth-order valence-corrected chi connectivity index (χ4v) is 2.34. The molecule has 2 N–H and O–H groups in total. The molecule has 0 unspecified atom stereocenters. The van der Waals surface area contributed by atoms with Gasteiger partial charge in [-0.05, 0) is 12.1 Å². The standard InChI is InChI=1S/C15H9N3O/c16-6-9-5-10-8-19-13-4-2-1-3-11(13)14(10)12(7-17)15(9)18/h1-5H,8,18H2. The van der Waals surface area contributed by atoms with Crippen LogP contribution in [0.1, 0.15) is 16.7 Å². The van der Waals surface area contributed by atoms with E-state index in [4.69, 9.17) is 15.7 Å². The molecule has 0 amide bonds. The van der Waals surface area contributed by atoms with Crippen LogP contribution in [0.2, 0.25) is 0 Å². The number of para-hydroxylation sites is 1. The third kappa shape index (κ3) is 1.51. The molecule has 0 bridgehead atoms. The topological polar surface area (TPSA) is 82.8 Å². The molecule has 0 radical (unpaired) electrons. The second-order valence-electron chi connectivity index (χ2n) is 4.26. The van der Waals surface area contributed by atoms with E-state index in [9.17, 15) is 5.26 Å². The van der Waals surface area contributed by atoms with Crippen LogP contribution in [0.3, 0.4) is 0 Å². The van der Waals surface area contributed by atoms with Gasteiger partial charge in [-0.25, -0.2) is 0 Å². The number of rotatable bonds is 0. The number of ether oxygens (including phenoxy) is 1. The van der Waals surface area contributed by atoms with Gasteiger partial charge in [0, 0.05) is 16.7 Å². The van der Waals surface area contributed by atoms with Crippen molar-refractivity contribution in [2.24, 2.45) is 0 Å². The second kappa shape index (κ2) is 4.04. The van der Waals surface area contributed by atoms with Crippen molar-refractivity contribution in [3.63, 3.8) is 0 Å². The first-order chi connectivity index (χ1) is 9.26. The smallest absolute Gasteiger partial charge is 0.127 e. The van der Waals surface area contributed by atoms with E-state index in [0.29, 0.717) is 17.7 Å². The monoisotopic (exact) mass is 247 g/mol. The summed E-state index contributed by atoms with van der Waals surface area (Å²) in [6.45, 7) is 0.343. The lowest BCUT2D eigenvalue weighted by atomic mass is 9.89. The largest absolute Gasteiger partial charge is 0.488 e. The Morgan fingerprint density at radius 1 is 1.16 bits per heavy atom. The number of nitrogens with zero attached hydrogens (tertiary/aromatic N) is 2. The maximum atomic E-state index is 9.34. The van der Waals surface area contributed by atoms with Crippen LogP contribution in [-0.2, 0) is 6.61 Å². The predicted molar refractivity (Wildman–Crippen MR) is 70.1 cm³/mol. The highest BCUT2D eigenvalue weighted by Crippen LogP contribution is 2.41. The summed E-state index contributed by atoms with van der Waals surface area (Å²) in [5.74, 6) is 0.732. The van der Waals surface area contributed by atoms with Crippen molar-refractivity contribution in [1.82, 2.24) is 0 Å². The Balaban J connectivity index is 2.41. The van der Waals surface area contributed by atoms with E-state index in [1.165, 1.54) is 0 Å². The van der Waals surface area contributed by atoms with Gasteiger partial charge in [0.25, 0.3) is 0 Å². The van der Waals surface area contributed by atoms with Gasteiger partial charge in [-0.3, -0.25) is 0 Å². The van der Waals surface area contributed by atoms with Gasteiger partial charge in [0.15, 0.2) is 0 Å². The van der Waals surface area contributed by atoms with Gasteiger partial charge in [0.2, 0.25) is 0 Å². The average Bonchev–Trinajstić information content (AvgIpc) is 2.46. The van der Waals surface area contributed by atoms with Crippen molar-refractivity contribution in [2.75, 3.05) is 5.73 Å². The molecule has 0 atom stereocenters. The second-order valence-corrected chi connectivity index (χ2v) is 4.26. The summed E-state index contributed by atoms with van der Waals surface area (Å²) < 4.78 is 5.63. The van der Waals surface area contributed by atoms with Gasteiger partial charge in [-0.15, -0.1) is 0 Å². The lowest BCUT2D eigenvalue weighted by Gasteiger charge is -2.22. The van der Waals surface area contributed by atoms with E-state index in [-0.39, 0.29) is 5.69 Å². The maximum absolute atomic E-state index is 9.34. The van der Waals surface area contributed by atoms with Crippen LogP contribution < -0.4 is 10.5 Å². The molecule has 0 aromatic heterocycles. The number of hydrogen-bond donors (Lipinski definition) is 1. The number of benzene rings is 2. The van der Waals surface area contributed by atoms with E-state index in [1.807, 2.05) is 30.3 Å². The molecule has 4 heteroatoms. The molecule has 90 valence electrons. The number of hydrogen-bond acceptors (Lipinski definition) is 4. The van der Waals surface area contributed by atoms with Gasteiger partial charge < -0.3 is 10.5 Å². The minimum Gasteiger partial charge on any atom is -0.488 e. The maximum Gasteiger partial charge on any atom is 0.127 e. The van der Waals surface area contributed by atoms with Crippen LogP contribution in [0.15, 0.2) is 30.3 Å². The van der Waals surface area contributed by atoms with Crippen molar-refractivity contribution in [3.8, 4) is 29.0 Å². The molecule has 0 fully saturated rings. The van der Waals surface area contributed by atoms with Crippen LogP contribution in [0.25, 0.3) is 11.1 Å². The van der Waals surface area contributed by atoms with Crippen molar-refractivity contribution in [3.05, 3.63) is 47.0 Å². The molecular weight excluding hydrogens is 238 g/mol. The first kappa shape index (κ1) is 11.1. The quantitative estimate of drug-likeness (QED) is 0.725. The summed E-state index contributed by atoms with van der Waals surface area (Å²) in [5.41, 5.74) is 9.25. The molecule has 0 saturated carbocycles. The summed E-state index contributed by atoms with van der Waals surface area (Å²) in [5, 5.41) is 18.4. The molecule has 4 nitrogen and oxygen atoms in total. The summed E-state index contributed by atoms with van der Waals surface area (Å²) in [6.07, 6.45) is 0. The van der Waals surface area contributed by atoms with Gasteiger partial charge in [0.05, 0.1) is 16.8 Å². The van der Waals surface area contributed by atoms with E-state index < -0.39 is 0 Å². The predicted octanol–water partition coefficient (Wildman–Crippen LogP) is 2.57. The minimum absolute atomic E-state index is 0.237. The lowest BCUT2D eigenvalue weighted by Crippen LogP contribution is -2.09. The first-order valence-electron chi connectivity index (χ1n) is 5.74. The molecule has 3 rings (SSSR count). The summed E-state index contributed by atoms with van der Waals surface area (Å²) in [4.78, 5) is 0. The zero-order valence-corrected chi connectivity index (χ0v) is 9.97. The Kier molecular flexibility index (Phi) is 2.37.